The molecule has 0 aliphatic carbocycles. The van der Waals surface area contributed by atoms with Crippen molar-refractivity contribution in [3.63, 3.8) is 0 Å². The zero-order valence-electron chi connectivity index (χ0n) is 9.70. The van der Waals surface area contributed by atoms with Crippen molar-refractivity contribution in [3.8, 4) is 11.3 Å². The first-order valence-corrected chi connectivity index (χ1v) is 5.38. The molecule has 0 radical (unpaired) electrons. The molecular weight excluding hydrogens is 234 g/mol. The average Bonchev–Trinajstić information content (AvgIpc) is 2.39. The summed E-state index contributed by atoms with van der Waals surface area (Å²) < 4.78 is 1.26. The quantitative estimate of drug-likeness (QED) is 0.872. The normalized spacial score (nSPS) is 10.3. The topological polar surface area (TPSA) is 85.1 Å². The van der Waals surface area contributed by atoms with Gasteiger partial charge in [0.15, 0.2) is 0 Å². The first-order chi connectivity index (χ1) is 8.63. The van der Waals surface area contributed by atoms with Crippen LogP contribution in [0.4, 0.5) is 0 Å². The highest BCUT2D eigenvalue weighted by atomic mass is 16.4. The molecule has 0 amide bonds. The molecule has 1 N–H and O–H groups in total. The van der Waals surface area contributed by atoms with E-state index in [1.54, 1.807) is 19.1 Å². The van der Waals surface area contributed by atoms with Crippen molar-refractivity contribution in [2.45, 2.75) is 13.5 Å². The third kappa shape index (κ3) is 2.13. The number of aryl methyl sites for hydroxylation is 1. The molecular formula is C12H11N3O3. The first-order valence-electron chi connectivity index (χ1n) is 5.38. The molecule has 0 aliphatic rings. The summed E-state index contributed by atoms with van der Waals surface area (Å²) in [6.45, 7) is 2.13. The molecule has 0 unspecified atom stereocenters. The van der Waals surface area contributed by atoms with Gasteiger partial charge in [0.1, 0.15) is 5.56 Å². The van der Waals surface area contributed by atoms with Crippen molar-refractivity contribution in [2.24, 2.45) is 0 Å². The summed E-state index contributed by atoms with van der Waals surface area (Å²) >= 11 is 0. The Morgan fingerprint density at radius 2 is 2.06 bits per heavy atom. The monoisotopic (exact) mass is 245 g/mol. The van der Waals surface area contributed by atoms with E-state index in [1.807, 2.05) is 0 Å². The summed E-state index contributed by atoms with van der Waals surface area (Å²) in [5.41, 5.74) is 0.263. The van der Waals surface area contributed by atoms with Crippen LogP contribution in [-0.4, -0.2) is 25.6 Å². The maximum atomic E-state index is 11.7. The zero-order chi connectivity index (χ0) is 13.1. The lowest BCUT2D eigenvalue weighted by molar-refractivity contribution is 0.0696. The summed E-state index contributed by atoms with van der Waals surface area (Å²) in [5, 5.41) is 9.17. The second-order valence-electron chi connectivity index (χ2n) is 3.61. The van der Waals surface area contributed by atoms with Gasteiger partial charge in [-0.15, -0.1) is 0 Å². The maximum Gasteiger partial charge on any atom is 0.348 e. The number of hydrogen-bond donors (Lipinski definition) is 1. The second kappa shape index (κ2) is 4.79. The largest absolute Gasteiger partial charge is 0.478 e. The number of rotatable bonds is 3. The Balaban J connectivity index is 2.70. The molecule has 92 valence electrons. The van der Waals surface area contributed by atoms with E-state index >= 15 is 0 Å². The second-order valence-corrected chi connectivity index (χ2v) is 3.61. The van der Waals surface area contributed by atoms with Crippen LogP contribution < -0.4 is 5.69 Å². The fraction of sp³-hybridized carbons (Fsp3) is 0.167. The van der Waals surface area contributed by atoms with Gasteiger partial charge in [-0.25, -0.2) is 9.59 Å². The van der Waals surface area contributed by atoms with E-state index in [2.05, 4.69) is 9.97 Å². The highest BCUT2D eigenvalue weighted by Gasteiger charge is 2.15. The summed E-state index contributed by atoms with van der Waals surface area (Å²) in [6.07, 6.45) is 4.36. The zero-order valence-corrected chi connectivity index (χ0v) is 9.70. The molecule has 0 aliphatic heterocycles. The number of aromatic carboxylic acids is 1. The van der Waals surface area contributed by atoms with Gasteiger partial charge in [-0.05, 0) is 19.1 Å². The third-order valence-corrected chi connectivity index (χ3v) is 2.52. The average molecular weight is 245 g/mol. The number of carbonyl (C=O) groups is 1. The van der Waals surface area contributed by atoms with Gasteiger partial charge in [0.25, 0.3) is 0 Å². The van der Waals surface area contributed by atoms with Crippen molar-refractivity contribution in [1.29, 1.82) is 0 Å². The van der Waals surface area contributed by atoms with Crippen LogP contribution in [0.1, 0.15) is 17.3 Å². The Kier molecular flexibility index (Phi) is 3.18. The lowest BCUT2D eigenvalue weighted by Gasteiger charge is -2.07. The number of carboxylic acid groups (broad SMARTS) is 1. The fourth-order valence-electron chi connectivity index (χ4n) is 1.61. The van der Waals surface area contributed by atoms with Gasteiger partial charge in [0, 0.05) is 30.7 Å². The van der Waals surface area contributed by atoms with Crippen LogP contribution in [0.2, 0.25) is 0 Å². The molecule has 0 aromatic carbocycles. The highest BCUT2D eigenvalue weighted by Crippen LogP contribution is 2.18. The Morgan fingerprint density at radius 1 is 1.39 bits per heavy atom. The molecule has 6 nitrogen and oxygen atoms in total. The van der Waals surface area contributed by atoms with Gasteiger partial charge in [-0.2, -0.15) is 4.98 Å². The predicted octanol–water partition coefficient (Wildman–Crippen LogP) is 1.02. The SMILES string of the molecule is CCn1cc(C(=O)O)c(-c2ccncc2)nc1=O. The van der Waals surface area contributed by atoms with Gasteiger partial charge in [-0.1, -0.05) is 0 Å². The number of carboxylic acids is 1. The van der Waals surface area contributed by atoms with Gasteiger partial charge in [-0.3, -0.25) is 9.55 Å². The molecule has 0 spiro atoms. The Labute approximate surface area is 103 Å². The molecule has 0 fully saturated rings. The molecule has 18 heavy (non-hydrogen) atoms. The van der Waals surface area contributed by atoms with Crippen LogP contribution in [0.3, 0.4) is 0 Å². The Hall–Kier alpha value is -2.50. The number of aromatic nitrogens is 3. The molecule has 0 saturated carbocycles. The predicted molar refractivity (Wildman–Crippen MR) is 64.4 cm³/mol. The number of pyridine rings is 1. The van der Waals surface area contributed by atoms with Crippen molar-refractivity contribution < 1.29 is 9.90 Å². The molecule has 2 heterocycles. The highest BCUT2D eigenvalue weighted by molar-refractivity contribution is 5.94. The summed E-state index contributed by atoms with van der Waals surface area (Å²) in [6, 6.07) is 3.23. The van der Waals surface area contributed by atoms with Crippen LogP contribution in [0.5, 0.6) is 0 Å². The van der Waals surface area contributed by atoms with E-state index in [1.165, 1.54) is 23.2 Å². The lowest BCUT2D eigenvalue weighted by Crippen LogP contribution is -2.24. The van der Waals surface area contributed by atoms with Crippen molar-refractivity contribution in [3.05, 3.63) is 46.8 Å². The fourth-order valence-corrected chi connectivity index (χ4v) is 1.61. The molecule has 0 atom stereocenters. The molecule has 2 aromatic heterocycles. The van der Waals surface area contributed by atoms with Gasteiger partial charge < -0.3 is 5.11 Å². The van der Waals surface area contributed by atoms with Crippen LogP contribution in [0.25, 0.3) is 11.3 Å². The van der Waals surface area contributed by atoms with Gasteiger partial charge >= 0.3 is 11.7 Å². The summed E-state index contributed by atoms with van der Waals surface area (Å²) in [5.74, 6) is -1.11. The van der Waals surface area contributed by atoms with E-state index in [0.717, 1.165) is 0 Å². The molecule has 0 saturated heterocycles. The molecule has 2 aromatic rings. The van der Waals surface area contributed by atoms with Crippen molar-refractivity contribution in [2.75, 3.05) is 0 Å². The smallest absolute Gasteiger partial charge is 0.348 e. The summed E-state index contributed by atoms with van der Waals surface area (Å²) in [7, 11) is 0. The van der Waals surface area contributed by atoms with Crippen molar-refractivity contribution >= 4 is 5.97 Å². The van der Waals surface area contributed by atoms with E-state index < -0.39 is 11.7 Å². The third-order valence-electron chi connectivity index (χ3n) is 2.52. The Morgan fingerprint density at radius 3 is 2.61 bits per heavy atom. The first kappa shape index (κ1) is 12.0. The van der Waals surface area contributed by atoms with E-state index in [-0.39, 0.29) is 11.3 Å². The van der Waals surface area contributed by atoms with E-state index in [0.29, 0.717) is 12.1 Å². The van der Waals surface area contributed by atoms with Crippen LogP contribution in [-0.2, 0) is 6.54 Å². The number of hydrogen-bond acceptors (Lipinski definition) is 4. The standard InChI is InChI=1S/C12H11N3O3/c1-2-15-7-9(11(16)17)10(14-12(15)18)8-3-5-13-6-4-8/h3-7H,2H2,1H3,(H,16,17). The Bertz CT molecular complexity index is 635. The van der Waals surface area contributed by atoms with E-state index in [9.17, 15) is 9.59 Å². The minimum absolute atomic E-state index is 0.00245. The molecule has 2 rings (SSSR count). The van der Waals surface area contributed by atoms with Gasteiger partial charge in [0.2, 0.25) is 0 Å². The number of nitrogens with zero attached hydrogens (tertiary/aromatic N) is 3. The van der Waals surface area contributed by atoms with Crippen LogP contribution in [0.15, 0.2) is 35.5 Å². The minimum Gasteiger partial charge on any atom is -0.478 e. The van der Waals surface area contributed by atoms with Crippen LogP contribution >= 0.6 is 0 Å². The van der Waals surface area contributed by atoms with Crippen molar-refractivity contribution in [1.82, 2.24) is 14.5 Å². The lowest BCUT2D eigenvalue weighted by atomic mass is 10.1. The van der Waals surface area contributed by atoms with Gasteiger partial charge in [0.05, 0.1) is 5.69 Å². The van der Waals surface area contributed by atoms with E-state index in [4.69, 9.17) is 5.11 Å². The molecule has 0 bridgehead atoms. The minimum atomic E-state index is -1.11. The molecule has 6 heteroatoms. The summed E-state index contributed by atoms with van der Waals surface area (Å²) in [4.78, 5) is 30.5. The maximum absolute atomic E-state index is 11.7. The van der Waals surface area contributed by atoms with Crippen LogP contribution in [0, 0.1) is 0 Å².